The molecule has 0 N–H and O–H groups in total. The third-order valence-corrected chi connectivity index (χ3v) is 4.00. The summed E-state index contributed by atoms with van der Waals surface area (Å²) < 4.78 is 11.8. The molecule has 23 heavy (non-hydrogen) atoms. The molecule has 0 aliphatic rings. The molecule has 0 bridgehead atoms. The van der Waals surface area contributed by atoms with E-state index in [-0.39, 0.29) is 0 Å². The Kier molecular flexibility index (Phi) is 3.08. The van der Waals surface area contributed by atoms with Crippen molar-refractivity contribution in [2.24, 2.45) is 4.99 Å². The van der Waals surface area contributed by atoms with Gasteiger partial charge in [0.15, 0.2) is 5.58 Å². The van der Waals surface area contributed by atoms with Crippen molar-refractivity contribution in [3.63, 3.8) is 0 Å². The lowest BCUT2D eigenvalue weighted by atomic mass is 10.1. The van der Waals surface area contributed by atoms with Crippen molar-refractivity contribution in [1.82, 2.24) is 0 Å². The quantitative estimate of drug-likeness (QED) is 0.476. The number of hydrogen-bond donors (Lipinski definition) is 0. The van der Waals surface area contributed by atoms with Crippen molar-refractivity contribution in [3.8, 4) is 0 Å². The number of furan rings is 1. The van der Waals surface area contributed by atoms with Gasteiger partial charge < -0.3 is 8.83 Å². The Labute approximate surface area is 133 Å². The van der Waals surface area contributed by atoms with Crippen LogP contribution in [0.1, 0.15) is 16.9 Å². The zero-order valence-electron chi connectivity index (χ0n) is 13.4. The molecule has 114 valence electrons. The molecule has 4 aromatic rings. The Morgan fingerprint density at radius 2 is 1.48 bits per heavy atom. The summed E-state index contributed by atoms with van der Waals surface area (Å²) in [5.74, 6) is 0.738. The highest BCUT2D eigenvalue weighted by molar-refractivity contribution is 6.05. The van der Waals surface area contributed by atoms with E-state index in [1.54, 1.807) is 0 Å². The van der Waals surface area contributed by atoms with E-state index in [2.05, 4.69) is 31.0 Å². The van der Waals surface area contributed by atoms with Gasteiger partial charge in [0.05, 0.1) is 5.69 Å². The summed E-state index contributed by atoms with van der Waals surface area (Å²) in [5.41, 5.74) is 5.52. The van der Waals surface area contributed by atoms with Gasteiger partial charge in [0, 0.05) is 16.8 Å². The Hall–Kier alpha value is -2.81. The topological polar surface area (TPSA) is 38.6 Å². The third kappa shape index (κ3) is 2.44. The van der Waals surface area contributed by atoms with E-state index >= 15 is 0 Å². The van der Waals surface area contributed by atoms with Crippen LogP contribution in [-0.4, -0.2) is 0 Å². The van der Waals surface area contributed by atoms with E-state index < -0.39 is 0 Å². The Bertz CT molecular complexity index is 1080. The number of fused-ring (bicyclic) bond motifs is 3. The molecule has 0 saturated heterocycles. The van der Waals surface area contributed by atoms with Gasteiger partial charge in [-0.15, -0.1) is 0 Å². The fourth-order valence-corrected chi connectivity index (χ4v) is 2.79. The van der Waals surface area contributed by atoms with Gasteiger partial charge in [-0.3, -0.25) is 0 Å². The molecule has 0 fully saturated rings. The number of aryl methyl sites for hydroxylation is 3. The molecule has 0 atom stereocenters. The maximum Gasteiger partial charge on any atom is 0.220 e. The van der Waals surface area contributed by atoms with Gasteiger partial charge in [-0.1, -0.05) is 29.8 Å². The number of nitrogens with zero attached hydrogens (tertiary/aromatic N) is 1. The molecule has 0 unspecified atom stereocenters. The van der Waals surface area contributed by atoms with Crippen LogP contribution in [0.2, 0.25) is 0 Å². The SMILES string of the molecule is Cc1ccc(N=c2cc3c(oc4cc(C)ccc43)c(C)o2)cc1. The first-order valence-corrected chi connectivity index (χ1v) is 7.65. The van der Waals surface area contributed by atoms with E-state index in [1.165, 1.54) is 11.1 Å². The van der Waals surface area contributed by atoms with E-state index in [1.807, 2.05) is 43.3 Å². The molecule has 0 amide bonds. The van der Waals surface area contributed by atoms with Gasteiger partial charge in [0.25, 0.3) is 0 Å². The fraction of sp³-hybridized carbons (Fsp3) is 0.150. The minimum atomic E-state index is 0.585. The van der Waals surface area contributed by atoms with E-state index in [4.69, 9.17) is 8.83 Å². The summed E-state index contributed by atoms with van der Waals surface area (Å²) in [6.45, 7) is 6.03. The molecule has 0 aliphatic carbocycles. The minimum absolute atomic E-state index is 0.585. The van der Waals surface area contributed by atoms with Crippen LogP contribution >= 0.6 is 0 Å². The molecule has 0 spiro atoms. The van der Waals surface area contributed by atoms with Gasteiger partial charge in [-0.25, -0.2) is 4.99 Å². The van der Waals surface area contributed by atoms with Crippen LogP contribution in [0.4, 0.5) is 5.69 Å². The molecule has 0 aliphatic heterocycles. The maximum atomic E-state index is 5.95. The average Bonchev–Trinajstić information content (AvgIpc) is 2.88. The van der Waals surface area contributed by atoms with Crippen LogP contribution in [0.15, 0.2) is 62.4 Å². The second kappa shape index (κ2) is 5.13. The summed E-state index contributed by atoms with van der Waals surface area (Å²) >= 11 is 0. The molecule has 2 aromatic carbocycles. The van der Waals surface area contributed by atoms with Crippen LogP contribution in [0.5, 0.6) is 0 Å². The summed E-state index contributed by atoms with van der Waals surface area (Å²) in [7, 11) is 0. The Morgan fingerprint density at radius 1 is 0.739 bits per heavy atom. The fourth-order valence-electron chi connectivity index (χ4n) is 2.79. The first kappa shape index (κ1) is 13.8. The minimum Gasteiger partial charge on any atom is -0.452 e. The zero-order valence-corrected chi connectivity index (χ0v) is 13.4. The smallest absolute Gasteiger partial charge is 0.220 e. The third-order valence-electron chi connectivity index (χ3n) is 4.00. The molecule has 2 heterocycles. The van der Waals surface area contributed by atoms with Crippen molar-refractivity contribution in [1.29, 1.82) is 0 Å². The van der Waals surface area contributed by atoms with Gasteiger partial charge in [0.1, 0.15) is 11.3 Å². The standard InChI is InChI=1S/C20H17NO2/c1-12-4-7-15(8-5-12)21-19-11-17-16-9-6-13(2)10-18(16)23-20(17)14(3)22-19/h4-11H,1-3H3. The highest BCUT2D eigenvalue weighted by atomic mass is 16.4. The summed E-state index contributed by atoms with van der Waals surface area (Å²) in [6.07, 6.45) is 0. The van der Waals surface area contributed by atoms with E-state index in [0.29, 0.717) is 5.55 Å². The summed E-state index contributed by atoms with van der Waals surface area (Å²) in [4.78, 5) is 4.59. The summed E-state index contributed by atoms with van der Waals surface area (Å²) in [6, 6.07) is 16.2. The normalized spacial score (nSPS) is 12.4. The second-order valence-electron chi connectivity index (χ2n) is 5.93. The Balaban J connectivity index is 1.98. The van der Waals surface area contributed by atoms with Gasteiger partial charge in [0.2, 0.25) is 5.55 Å². The largest absolute Gasteiger partial charge is 0.452 e. The van der Waals surface area contributed by atoms with Gasteiger partial charge in [-0.05, 0) is 44.5 Å². The molecule has 0 saturated carbocycles. The van der Waals surface area contributed by atoms with Crippen molar-refractivity contribution in [3.05, 3.63) is 71.0 Å². The molecular formula is C20H17NO2. The number of rotatable bonds is 1. The highest BCUT2D eigenvalue weighted by Crippen LogP contribution is 2.30. The van der Waals surface area contributed by atoms with E-state index in [0.717, 1.165) is 33.4 Å². The predicted octanol–water partition coefficient (Wildman–Crippen LogP) is 5.34. The molecule has 2 aromatic heterocycles. The van der Waals surface area contributed by atoms with Crippen molar-refractivity contribution in [2.75, 3.05) is 0 Å². The van der Waals surface area contributed by atoms with E-state index in [9.17, 15) is 0 Å². The first-order chi connectivity index (χ1) is 11.1. The number of hydrogen-bond acceptors (Lipinski definition) is 3. The lowest BCUT2D eigenvalue weighted by Crippen LogP contribution is -1.99. The van der Waals surface area contributed by atoms with Gasteiger partial charge >= 0.3 is 0 Å². The zero-order chi connectivity index (χ0) is 16.0. The molecule has 0 radical (unpaired) electrons. The first-order valence-electron chi connectivity index (χ1n) is 7.65. The average molecular weight is 303 g/mol. The van der Waals surface area contributed by atoms with Crippen LogP contribution in [0.3, 0.4) is 0 Å². The monoisotopic (exact) mass is 303 g/mol. The molecule has 3 nitrogen and oxygen atoms in total. The molecule has 4 rings (SSSR count). The highest BCUT2D eigenvalue weighted by Gasteiger charge is 2.11. The van der Waals surface area contributed by atoms with Crippen molar-refractivity contribution >= 4 is 27.6 Å². The second-order valence-corrected chi connectivity index (χ2v) is 5.93. The molecule has 3 heteroatoms. The van der Waals surface area contributed by atoms with Crippen molar-refractivity contribution < 1.29 is 8.83 Å². The maximum absolute atomic E-state index is 5.95. The summed E-state index contributed by atoms with van der Waals surface area (Å²) in [5, 5.41) is 2.12. The van der Waals surface area contributed by atoms with Gasteiger partial charge in [-0.2, -0.15) is 0 Å². The van der Waals surface area contributed by atoms with Crippen LogP contribution in [0.25, 0.3) is 21.9 Å². The lowest BCUT2D eigenvalue weighted by Gasteiger charge is -1.97. The van der Waals surface area contributed by atoms with Crippen LogP contribution in [-0.2, 0) is 0 Å². The predicted molar refractivity (Wildman–Crippen MR) is 91.9 cm³/mol. The molecular weight excluding hydrogens is 286 g/mol. The van der Waals surface area contributed by atoms with Crippen molar-refractivity contribution in [2.45, 2.75) is 20.8 Å². The van der Waals surface area contributed by atoms with Crippen LogP contribution in [0, 0.1) is 20.8 Å². The van der Waals surface area contributed by atoms with Crippen LogP contribution < -0.4 is 5.55 Å². The number of benzene rings is 2. The Morgan fingerprint density at radius 3 is 2.26 bits per heavy atom. The lowest BCUT2D eigenvalue weighted by molar-refractivity contribution is 0.463.